The van der Waals surface area contributed by atoms with E-state index in [2.05, 4.69) is 0 Å². The number of cyclic esters (lactones) is 1. The molecule has 1 aromatic heterocycles. The summed E-state index contributed by atoms with van der Waals surface area (Å²) in [6, 6.07) is 8.85. The third-order valence-corrected chi connectivity index (χ3v) is 9.25. The van der Waals surface area contributed by atoms with Crippen molar-refractivity contribution in [1.29, 1.82) is 0 Å². The second-order valence-electron chi connectivity index (χ2n) is 12.2. The SMILES string of the molecule is COC(=O)C1CC(c2ccc(O)c(-c3ccc(N4CCC4)nc3CN3C(=O)O[C@H](c4cc(C(F)(F)F)cc(C(F)(F)F)c4)[C@@H]3C)c2)C1. The van der Waals surface area contributed by atoms with Gasteiger partial charge in [0.25, 0.3) is 0 Å². The fourth-order valence-electron chi connectivity index (χ4n) is 6.31. The highest BCUT2D eigenvalue weighted by Gasteiger charge is 2.44. The average molecular weight is 664 g/mol. The maximum Gasteiger partial charge on any atom is 0.416 e. The Morgan fingerprint density at radius 3 is 2.19 bits per heavy atom. The number of carbonyl (C=O) groups is 2. The van der Waals surface area contributed by atoms with Gasteiger partial charge in [-0.15, -0.1) is 0 Å². The van der Waals surface area contributed by atoms with Gasteiger partial charge in [-0.1, -0.05) is 6.07 Å². The number of methoxy groups -OCH3 is 1. The van der Waals surface area contributed by atoms with Crippen LogP contribution >= 0.6 is 0 Å². The van der Waals surface area contributed by atoms with Crippen LogP contribution in [0.15, 0.2) is 48.5 Å². The number of hydrogen-bond acceptors (Lipinski definition) is 7. The van der Waals surface area contributed by atoms with E-state index >= 15 is 0 Å². The number of amides is 1. The van der Waals surface area contributed by atoms with E-state index in [0.29, 0.717) is 47.6 Å². The number of halogens is 6. The maximum atomic E-state index is 13.6. The van der Waals surface area contributed by atoms with Crippen LogP contribution in [0, 0.1) is 5.92 Å². The number of alkyl halides is 6. The molecule has 0 spiro atoms. The van der Waals surface area contributed by atoms with Crippen LogP contribution in [0.5, 0.6) is 5.75 Å². The zero-order chi connectivity index (χ0) is 33.8. The summed E-state index contributed by atoms with van der Waals surface area (Å²) in [5.74, 6) is 0.123. The molecular formula is C33H31F6N3O5. The molecule has 1 N–H and O–H groups in total. The van der Waals surface area contributed by atoms with Crippen LogP contribution in [0.25, 0.3) is 11.1 Å². The molecule has 1 aliphatic carbocycles. The lowest BCUT2D eigenvalue weighted by Gasteiger charge is -2.34. The van der Waals surface area contributed by atoms with Crippen molar-refractivity contribution >= 4 is 17.9 Å². The molecule has 3 aliphatic rings. The molecule has 1 amide bonds. The van der Waals surface area contributed by atoms with Gasteiger partial charge in [0, 0.05) is 24.2 Å². The van der Waals surface area contributed by atoms with Gasteiger partial charge in [-0.2, -0.15) is 26.3 Å². The number of carbonyl (C=O) groups excluding carboxylic acids is 2. The number of benzene rings is 2. The van der Waals surface area contributed by atoms with Crippen molar-refractivity contribution in [3.8, 4) is 16.9 Å². The molecule has 8 nitrogen and oxygen atoms in total. The number of aromatic nitrogens is 1. The lowest BCUT2D eigenvalue weighted by molar-refractivity contribution is -0.149. The van der Waals surface area contributed by atoms with Gasteiger partial charge in [-0.25, -0.2) is 9.78 Å². The van der Waals surface area contributed by atoms with Gasteiger partial charge in [-0.3, -0.25) is 9.69 Å². The number of phenolic OH excluding ortho intramolecular Hbond substituents is 1. The van der Waals surface area contributed by atoms with E-state index < -0.39 is 47.3 Å². The lowest BCUT2D eigenvalue weighted by Crippen LogP contribution is -2.38. The Balaban J connectivity index is 1.33. The van der Waals surface area contributed by atoms with Gasteiger partial charge in [0.05, 0.1) is 42.4 Å². The van der Waals surface area contributed by atoms with Gasteiger partial charge in [0.15, 0.2) is 0 Å². The highest BCUT2D eigenvalue weighted by molar-refractivity contribution is 5.77. The van der Waals surface area contributed by atoms with E-state index in [0.717, 1.165) is 25.1 Å². The van der Waals surface area contributed by atoms with Gasteiger partial charge in [0.2, 0.25) is 0 Å². The minimum Gasteiger partial charge on any atom is -0.507 e. The molecule has 14 heteroatoms. The summed E-state index contributed by atoms with van der Waals surface area (Å²) in [6.45, 7) is 2.80. The first-order chi connectivity index (χ1) is 22.1. The van der Waals surface area contributed by atoms with Crippen LogP contribution in [0.2, 0.25) is 0 Å². The van der Waals surface area contributed by atoms with E-state index in [4.69, 9.17) is 14.5 Å². The fourth-order valence-corrected chi connectivity index (χ4v) is 6.31. The second-order valence-corrected chi connectivity index (χ2v) is 12.2. The topological polar surface area (TPSA) is 92.2 Å². The Bertz CT molecular complexity index is 1670. The van der Waals surface area contributed by atoms with Gasteiger partial charge in [-0.05, 0) is 85.7 Å². The van der Waals surface area contributed by atoms with Crippen molar-refractivity contribution in [2.75, 3.05) is 25.1 Å². The van der Waals surface area contributed by atoms with Crippen LogP contribution in [-0.2, 0) is 33.2 Å². The Kier molecular flexibility index (Phi) is 8.25. The first kappa shape index (κ1) is 32.5. The number of pyridine rings is 1. The zero-order valence-electron chi connectivity index (χ0n) is 25.4. The summed E-state index contributed by atoms with van der Waals surface area (Å²) in [4.78, 5) is 33.1. The minimum absolute atomic E-state index is 0.0278. The molecule has 2 aliphatic heterocycles. The number of phenols is 1. The normalized spacial score (nSPS) is 22.9. The van der Waals surface area contributed by atoms with Crippen molar-refractivity contribution in [2.45, 2.75) is 63.1 Å². The third-order valence-electron chi connectivity index (χ3n) is 9.25. The third kappa shape index (κ3) is 6.29. The zero-order valence-corrected chi connectivity index (χ0v) is 25.4. The molecule has 3 heterocycles. The maximum absolute atomic E-state index is 13.6. The van der Waals surface area contributed by atoms with Gasteiger partial charge < -0.3 is 19.5 Å². The molecule has 0 unspecified atom stereocenters. The summed E-state index contributed by atoms with van der Waals surface area (Å²) in [5, 5.41) is 10.9. The second kappa shape index (κ2) is 11.9. The molecule has 2 aromatic carbocycles. The highest BCUT2D eigenvalue weighted by atomic mass is 19.4. The van der Waals surface area contributed by atoms with Crippen molar-refractivity contribution in [2.24, 2.45) is 5.92 Å². The summed E-state index contributed by atoms with van der Waals surface area (Å²) >= 11 is 0. The smallest absolute Gasteiger partial charge is 0.416 e. The molecule has 0 bridgehead atoms. The summed E-state index contributed by atoms with van der Waals surface area (Å²) in [6.07, 6.45) is -10.4. The summed E-state index contributed by atoms with van der Waals surface area (Å²) in [5.41, 5.74) is -1.30. The fraction of sp³-hybridized carbons (Fsp3) is 0.424. The van der Waals surface area contributed by atoms with Crippen LogP contribution in [0.1, 0.15) is 66.2 Å². The number of nitrogens with zero attached hydrogens (tertiary/aromatic N) is 3. The molecule has 3 aromatic rings. The molecule has 6 rings (SSSR count). The van der Waals surface area contributed by atoms with Crippen LogP contribution in [-0.4, -0.2) is 53.3 Å². The molecule has 3 fully saturated rings. The van der Waals surface area contributed by atoms with Crippen molar-refractivity contribution in [3.05, 3.63) is 76.5 Å². The lowest BCUT2D eigenvalue weighted by atomic mass is 9.71. The molecule has 2 atom stereocenters. The average Bonchev–Trinajstić information content (AvgIpc) is 3.24. The predicted molar refractivity (Wildman–Crippen MR) is 156 cm³/mol. The standard InChI is InChI=1S/C33H31F6N3O5/c1-17-29(20-12-22(32(34,35)36)15-23(13-20)33(37,38)39)47-31(45)42(17)16-26-24(5-7-28(40-26)41-8-3-9-41)25-14-18(4-6-27(25)43)19-10-21(11-19)30(44)46-2/h4-7,12-15,17,19,21,29,43H,3,8-11,16H2,1-2H3/t17-,19?,21?,29-/m0/s1. The number of anilines is 1. The molecule has 1 saturated carbocycles. The van der Waals surface area contributed by atoms with Crippen molar-refractivity contribution in [3.63, 3.8) is 0 Å². The first-order valence-corrected chi connectivity index (χ1v) is 15.1. The van der Waals surface area contributed by atoms with Crippen LogP contribution in [0.4, 0.5) is 37.0 Å². The largest absolute Gasteiger partial charge is 0.507 e. The van der Waals surface area contributed by atoms with E-state index in [1.165, 1.54) is 25.0 Å². The van der Waals surface area contributed by atoms with E-state index in [9.17, 15) is 41.0 Å². The number of esters is 1. The molecule has 250 valence electrons. The Morgan fingerprint density at radius 1 is 0.957 bits per heavy atom. The Labute approximate surface area is 265 Å². The number of rotatable bonds is 7. The summed E-state index contributed by atoms with van der Waals surface area (Å²) < 4.78 is 91.7. The van der Waals surface area contributed by atoms with E-state index in [1.54, 1.807) is 24.3 Å². The molecular weight excluding hydrogens is 632 g/mol. The van der Waals surface area contributed by atoms with E-state index in [-0.39, 0.29) is 36.2 Å². The van der Waals surface area contributed by atoms with E-state index in [1.807, 2.05) is 4.90 Å². The molecule has 0 radical (unpaired) electrons. The monoisotopic (exact) mass is 663 g/mol. The Hall–Kier alpha value is -4.49. The minimum atomic E-state index is -5.06. The number of aromatic hydroxyl groups is 1. The number of hydrogen-bond donors (Lipinski definition) is 1. The van der Waals surface area contributed by atoms with Gasteiger partial charge >= 0.3 is 24.4 Å². The molecule has 47 heavy (non-hydrogen) atoms. The van der Waals surface area contributed by atoms with Crippen molar-refractivity contribution in [1.82, 2.24) is 9.88 Å². The number of ether oxygens (including phenoxy) is 2. The van der Waals surface area contributed by atoms with Gasteiger partial charge in [0.1, 0.15) is 17.7 Å². The Morgan fingerprint density at radius 2 is 1.62 bits per heavy atom. The van der Waals surface area contributed by atoms with Crippen LogP contribution < -0.4 is 4.90 Å². The predicted octanol–water partition coefficient (Wildman–Crippen LogP) is 7.45. The first-order valence-electron chi connectivity index (χ1n) is 15.1. The molecule has 2 saturated heterocycles. The van der Waals surface area contributed by atoms with Crippen LogP contribution in [0.3, 0.4) is 0 Å². The highest BCUT2D eigenvalue weighted by Crippen LogP contribution is 2.46. The quantitative estimate of drug-likeness (QED) is 0.207. The van der Waals surface area contributed by atoms with Crippen molar-refractivity contribution < 1.29 is 50.5 Å². The summed E-state index contributed by atoms with van der Waals surface area (Å²) in [7, 11) is 1.34.